The van der Waals surface area contributed by atoms with E-state index < -0.39 is 23.7 Å². The Hall–Kier alpha value is -2.77. The fourth-order valence-electron chi connectivity index (χ4n) is 2.42. The van der Waals surface area contributed by atoms with E-state index in [0.29, 0.717) is 5.71 Å². The third-order valence-electron chi connectivity index (χ3n) is 3.66. The molecule has 0 bridgehead atoms. The molecule has 0 radical (unpaired) electrons. The van der Waals surface area contributed by atoms with Gasteiger partial charge in [0.05, 0.1) is 19.4 Å². The molecule has 1 fully saturated rings. The number of carbonyl (C=O) groups excluding carboxylic acids is 1. The first-order valence-electron chi connectivity index (χ1n) is 8.22. The highest BCUT2D eigenvalue weighted by Gasteiger charge is 2.40. The third kappa shape index (κ3) is 5.37. The molecule has 0 spiro atoms. The summed E-state index contributed by atoms with van der Waals surface area (Å²) in [6.07, 6.45) is -0.567. The molecule has 26 heavy (non-hydrogen) atoms. The first-order chi connectivity index (χ1) is 12.2. The normalized spacial score (nSPS) is 18.7. The van der Waals surface area contributed by atoms with Gasteiger partial charge in [0.1, 0.15) is 24.0 Å². The van der Waals surface area contributed by atoms with Crippen LogP contribution in [0.4, 0.5) is 4.79 Å². The molecule has 1 N–H and O–H groups in total. The Morgan fingerprint density at radius 1 is 1.27 bits per heavy atom. The summed E-state index contributed by atoms with van der Waals surface area (Å²) in [5.74, 6) is -0.357. The molecule has 8 nitrogen and oxygen atoms in total. The number of ether oxygens (including phenoxy) is 2. The Morgan fingerprint density at radius 2 is 1.92 bits per heavy atom. The molecule has 1 unspecified atom stereocenters. The molecule has 1 aliphatic rings. The molecule has 0 saturated carbocycles. The zero-order valence-electron chi connectivity index (χ0n) is 15.4. The van der Waals surface area contributed by atoms with Gasteiger partial charge in [-0.2, -0.15) is 0 Å². The molecule has 1 atom stereocenters. The molecule has 0 aliphatic carbocycles. The molecule has 0 aromatic heterocycles. The lowest BCUT2D eigenvalue weighted by Crippen LogP contribution is -2.43. The van der Waals surface area contributed by atoms with Crippen LogP contribution in [0.2, 0.25) is 0 Å². The SMILES string of the molecule is COc1ccc(CO/N=C2/CC(C(=O)O)N(C(=O)OC(C)(C)C)C2)cc1. The van der Waals surface area contributed by atoms with Gasteiger partial charge < -0.3 is 19.4 Å². The number of methoxy groups -OCH3 is 1. The molecule has 1 saturated heterocycles. The summed E-state index contributed by atoms with van der Waals surface area (Å²) in [5, 5.41) is 13.3. The number of hydrogen-bond acceptors (Lipinski definition) is 6. The smallest absolute Gasteiger partial charge is 0.411 e. The minimum absolute atomic E-state index is 0.0640. The van der Waals surface area contributed by atoms with Crippen molar-refractivity contribution in [2.75, 3.05) is 13.7 Å². The maximum absolute atomic E-state index is 12.2. The molecular formula is C18H24N2O6. The number of carboxylic acid groups (broad SMARTS) is 1. The van der Waals surface area contributed by atoms with Gasteiger partial charge in [-0.15, -0.1) is 0 Å². The summed E-state index contributed by atoms with van der Waals surface area (Å²) >= 11 is 0. The zero-order valence-corrected chi connectivity index (χ0v) is 15.4. The monoisotopic (exact) mass is 364 g/mol. The van der Waals surface area contributed by atoms with E-state index in [4.69, 9.17) is 14.3 Å². The summed E-state index contributed by atoms with van der Waals surface area (Å²) in [6, 6.07) is 6.31. The zero-order chi connectivity index (χ0) is 19.3. The highest BCUT2D eigenvalue weighted by Crippen LogP contribution is 2.20. The standard InChI is InChI=1S/C18H24N2O6/c1-18(2,3)26-17(23)20-10-13(9-15(20)16(21)22)19-25-11-12-5-7-14(24-4)8-6-12/h5-8,15H,9-11H2,1-4H3,(H,21,22)/b19-13-. The van der Waals surface area contributed by atoms with E-state index in [2.05, 4.69) is 5.16 Å². The van der Waals surface area contributed by atoms with Crippen LogP contribution in [-0.4, -0.2) is 53.1 Å². The summed E-state index contributed by atoms with van der Waals surface area (Å²) in [4.78, 5) is 30.1. The summed E-state index contributed by atoms with van der Waals surface area (Å²) in [7, 11) is 1.59. The fourth-order valence-corrected chi connectivity index (χ4v) is 2.42. The minimum Gasteiger partial charge on any atom is -0.497 e. The Kier molecular flexibility index (Phi) is 6.07. The van der Waals surface area contributed by atoms with E-state index >= 15 is 0 Å². The number of oxime groups is 1. The first-order valence-corrected chi connectivity index (χ1v) is 8.22. The molecule has 1 heterocycles. The second-order valence-corrected chi connectivity index (χ2v) is 6.95. The van der Waals surface area contributed by atoms with Gasteiger partial charge in [-0.3, -0.25) is 4.90 Å². The first kappa shape index (κ1) is 19.6. The topological polar surface area (TPSA) is 97.7 Å². The van der Waals surface area contributed by atoms with E-state index in [-0.39, 0.29) is 19.6 Å². The van der Waals surface area contributed by atoms with Crippen molar-refractivity contribution >= 4 is 17.8 Å². The molecule has 142 valence electrons. The number of rotatable bonds is 5. The highest BCUT2D eigenvalue weighted by molar-refractivity contribution is 5.98. The molecule has 1 aliphatic heterocycles. The van der Waals surface area contributed by atoms with Crippen LogP contribution in [0.3, 0.4) is 0 Å². The van der Waals surface area contributed by atoms with Crippen LogP contribution in [0, 0.1) is 0 Å². The van der Waals surface area contributed by atoms with Crippen molar-refractivity contribution in [1.82, 2.24) is 4.90 Å². The average Bonchev–Trinajstić information content (AvgIpc) is 2.99. The van der Waals surface area contributed by atoms with Gasteiger partial charge in [0.15, 0.2) is 0 Å². The van der Waals surface area contributed by atoms with E-state index in [1.54, 1.807) is 27.9 Å². The Bertz CT molecular complexity index is 678. The predicted molar refractivity (Wildman–Crippen MR) is 94.2 cm³/mol. The highest BCUT2D eigenvalue weighted by atomic mass is 16.6. The van der Waals surface area contributed by atoms with Crippen LogP contribution in [0.25, 0.3) is 0 Å². The van der Waals surface area contributed by atoms with Crippen LogP contribution in [-0.2, 0) is 21.0 Å². The van der Waals surface area contributed by atoms with Crippen LogP contribution < -0.4 is 4.74 Å². The lowest BCUT2D eigenvalue weighted by Gasteiger charge is -2.26. The lowest BCUT2D eigenvalue weighted by molar-refractivity contribution is -0.142. The number of nitrogens with zero attached hydrogens (tertiary/aromatic N) is 2. The quantitative estimate of drug-likeness (QED) is 0.807. The number of likely N-dealkylation sites (tertiary alicyclic amines) is 1. The lowest BCUT2D eigenvalue weighted by atomic mass is 10.2. The van der Waals surface area contributed by atoms with Crippen molar-refractivity contribution in [3.63, 3.8) is 0 Å². The van der Waals surface area contributed by atoms with Crippen molar-refractivity contribution in [2.24, 2.45) is 5.16 Å². The van der Waals surface area contributed by atoms with E-state index in [0.717, 1.165) is 16.2 Å². The number of aliphatic carboxylic acids is 1. The van der Waals surface area contributed by atoms with Gasteiger partial charge >= 0.3 is 12.1 Å². The maximum Gasteiger partial charge on any atom is 0.411 e. The Morgan fingerprint density at radius 3 is 2.46 bits per heavy atom. The van der Waals surface area contributed by atoms with Crippen molar-refractivity contribution in [3.8, 4) is 5.75 Å². The number of hydrogen-bond donors (Lipinski definition) is 1. The van der Waals surface area contributed by atoms with Gasteiger partial charge in [-0.1, -0.05) is 17.3 Å². The van der Waals surface area contributed by atoms with Gasteiger partial charge in [-0.05, 0) is 38.5 Å². The average molecular weight is 364 g/mol. The molecule has 1 aromatic carbocycles. The number of benzene rings is 1. The van der Waals surface area contributed by atoms with Gasteiger partial charge in [0.2, 0.25) is 0 Å². The van der Waals surface area contributed by atoms with Crippen molar-refractivity contribution in [2.45, 2.75) is 45.4 Å². The Balaban J connectivity index is 1.97. The minimum atomic E-state index is -1.10. The van der Waals surface area contributed by atoms with Crippen LogP contribution in [0.15, 0.2) is 29.4 Å². The second-order valence-electron chi connectivity index (χ2n) is 6.95. The van der Waals surface area contributed by atoms with Crippen LogP contribution in [0.1, 0.15) is 32.8 Å². The fraction of sp³-hybridized carbons (Fsp3) is 0.500. The van der Waals surface area contributed by atoms with Crippen LogP contribution in [0.5, 0.6) is 5.75 Å². The van der Waals surface area contributed by atoms with E-state index in [9.17, 15) is 14.7 Å². The summed E-state index contributed by atoms with van der Waals surface area (Å²) in [5.41, 5.74) is 0.675. The number of carboxylic acids is 1. The van der Waals surface area contributed by atoms with Crippen molar-refractivity contribution in [1.29, 1.82) is 0 Å². The van der Waals surface area contributed by atoms with Crippen molar-refractivity contribution < 1.29 is 29.0 Å². The van der Waals surface area contributed by atoms with Crippen LogP contribution >= 0.6 is 0 Å². The number of carbonyl (C=O) groups is 2. The summed E-state index contributed by atoms with van der Waals surface area (Å²) < 4.78 is 10.3. The van der Waals surface area contributed by atoms with Gasteiger partial charge in [-0.25, -0.2) is 9.59 Å². The maximum atomic E-state index is 12.2. The number of amides is 1. The summed E-state index contributed by atoms with van der Waals surface area (Å²) in [6.45, 7) is 5.48. The van der Waals surface area contributed by atoms with Gasteiger partial charge in [0.25, 0.3) is 0 Å². The molecular weight excluding hydrogens is 340 g/mol. The van der Waals surface area contributed by atoms with E-state index in [1.165, 1.54) is 0 Å². The molecule has 2 rings (SSSR count). The third-order valence-corrected chi connectivity index (χ3v) is 3.66. The van der Waals surface area contributed by atoms with E-state index in [1.807, 2.05) is 24.3 Å². The molecule has 1 amide bonds. The molecule has 8 heteroatoms. The van der Waals surface area contributed by atoms with Gasteiger partial charge in [0, 0.05) is 6.42 Å². The molecule has 1 aromatic rings. The second kappa shape index (κ2) is 8.07. The Labute approximate surface area is 152 Å². The largest absolute Gasteiger partial charge is 0.497 e. The predicted octanol–water partition coefficient (Wildman–Crippen LogP) is 2.66. The van der Waals surface area contributed by atoms with Crippen molar-refractivity contribution in [3.05, 3.63) is 29.8 Å².